The van der Waals surface area contributed by atoms with Crippen LogP contribution in [0.15, 0.2) is 48.5 Å². The molecule has 0 amide bonds. The van der Waals surface area contributed by atoms with Crippen LogP contribution in [0, 0.1) is 0 Å². The molecule has 0 N–H and O–H groups in total. The minimum Gasteiger partial charge on any atom is -0.477 e. The number of fused-ring (bicyclic) bond motifs is 1. The molecule has 0 spiro atoms. The lowest BCUT2D eigenvalue weighted by Gasteiger charge is -2.25. The molecule has 1 atom stereocenters. The Kier molecular flexibility index (Phi) is 3.44. The van der Waals surface area contributed by atoms with Gasteiger partial charge in [-0.05, 0) is 11.6 Å². The third kappa shape index (κ3) is 2.79. The van der Waals surface area contributed by atoms with Crippen LogP contribution in [0.2, 0.25) is 0 Å². The molecule has 106 valence electrons. The van der Waals surface area contributed by atoms with E-state index in [2.05, 4.69) is 0 Å². The number of carbonyl (C=O) groups excluding carboxylic acids is 2. The molecule has 0 aliphatic carbocycles. The topological polar surface area (TPSA) is 52.6 Å². The highest BCUT2D eigenvalue weighted by atomic mass is 16.5. The quantitative estimate of drug-likeness (QED) is 0.628. The smallest absolute Gasteiger partial charge is 0.308 e. The molecule has 1 heterocycles. The zero-order valence-corrected chi connectivity index (χ0v) is 11.5. The number of ether oxygens (including phenoxy) is 2. The predicted octanol–water partition coefficient (Wildman–Crippen LogP) is 2.86. The minimum absolute atomic E-state index is 0.0222. The number of hydrogen-bond acceptors (Lipinski definition) is 4. The highest BCUT2D eigenvalue weighted by molar-refractivity contribution is 5.88. The van der Waals surface area contributed by atoms with Crippen molar-refractivity contribution in [2.45, 2.75) is 19.4 Å². The summed E-state index contributed by atoms with van der Waals surface area (Å²) < 4.78 is 10.9. The highest BCUT2D eigenvalue weighted by Gasteiger charge is 2.29. The van der Waals surface area contributed by atoms with Crippen LogP contribution in [0.4, 0.5) is 0 Å². The number of carbonyl (C=O) groups is 2. The molecule has 4 heteroatoms. The zero-order chi connectivity index (χ0) is 14.8. The Balaban J connectivity index is 1.91. The van der Waals surface area contributed by atoms with Crippen LogP contribution in [-0.2, 0) is 16.0 Å². The molecule has 4 nitrogen and oxygen atoms in total. The van der Waals surface area contributed by atoms with Crippen molar-refractivity contribution in [2.75, 3.05) is 0 Å². The van der Waals surface area contributed by atoms with Gasteiger partial charge in [0.15, 0.2) is 11.9 Å². The van der Waals surface area contributed by atoms with Gasteiger partial charge in [-0.3, -0.25) is 9.59 Å². The molecule has 0 bridgehead atoms. The van der Waals surface area contributed by atoms with Crippen molar-refractivity contribution in [3.8, 4) is 11.5 Å². The molecule has 21 heavy (non-hydrogen) atoms. The molecule has 0 radical (unpaired) electrons. The summed E-state index contributed by atoms with van der Waals surface area (Å²) in [4.78, 5) is 23.2. The standard InChI is InChI=1S/C17H14O4/c1-11(18)20-14-8-7-13-9-15(19)17(21-16(13)10-14)12-5-3-2-4-6-12/h2-8,10,17H,9H2,1H3. The van der Waals surface area contributed by atoms with E-state index in [1.807, 2.05) is 30.3 Å². The summed E-state index contributed by atoms with van der Waals surface area (Å²) in [7, 11) is 0. The largest absolute Gasteiger partial charge is 0.477 e. The summed E-state index contributed by atoms with van der Waals surface area (Å²) in [5.74, 6) is 0.639. The fraction of sp³-hybridized carbons (Fsp3) is 0.176. The monoisotopic (exact) mass is 282 g/mol. The van der Waals surface area contributed by atoms with Gasteiger partial charge in [0, 0.05) is 25.0 Å². The molecule has 3 rings (SSSR count). The molecular weight excluding hydrogens is 268 g/mol. The predicted molar refractivity (Wildman–Crippen MR) is 76.3 cm³/mol. The minimum atomic E-state index is -0.605. The van der Waals surface area contributed by atoms with Gasteiger partial charge < -0.3 is 9.47 Å². The van der Waals surface area contributed by atoms with Crippen molar-refractivity contribution < 1.29 is 19.1 Å². The van der Waals surface area contributed by atoms with Crippen molar-refractivity contribution in [3.05, 3.63) is 59.7 Å². The Morgan fingerprint density at radius 2 is 1.95 bits per heavy atom. The Morgan fingerprint density at radius 3 is 2.67 bits per heavy atom. The van der Waals surface area contributed by atoms with E-state index in [0.29, 0.717) is 17.9 Å². The van der Waals surface area contributed by atoms with Crippen molar-refractivity contribution >= 4 is 11.8 Å². The number of ketones is 1. The molecule has 0 saturated carbocycles. The summed E-state index contributed by atoms with van der Waals surface area (Å²) in [6.45, 7) is 1.34. The Hall–Kier alpha value is -2.62. The third-order valence-electron chi connectivity index (χ3n) is 3.30. The van der Waals surface area contributed by atoms with Gasteiger partial charge in [-0.1, -0.05) is 36.4 Å². The average molecular weight is 282 g/mol. The van der Waals surface area contributed by atoms with E-state index in [9.17, 15) is 9.59 Å². The molecular formula is C17H14O4. The Morgan fingerprint density at radius 1 is 1.19 bits per heavy atom. The summed E-state index contributed by atoms with van der Waals surface area (Å²) in [5, 5.41) is 0. The maximum absolute atomic E-state index is 12.2. The van der Waals surface area contributed by atoms with Crippen LogP contribution >= 0.6 is 0 Å². The fourth-order valence-corrected chi connectivity index (χ4v) is 2.37. The van der Waals surface area contributed by atoms with Gasteiger partial charge in [-0.15, -0.1) is 0 Å². The van der Waals surface area contributed by atoms with Crippen molar-refractivity contribution in [1.29, 1.82) is 0 Å². The van der Waals surface area contributed by atoms with E-state index in [4.69, 9.17) is 9.47 Å². The molecule has 2 aromatic carbocycles. The summed E-state index contributed by atoms with van der Waals surface area (Å²) >= 11 is 0. The number of hydrogen-bond donors (Lipinski definition) is 0. The second-order valence-corrected chi connectivity index (χ2v) is 4.91. The van der Waals surface area contributed by atoms with E-state index in [1.54, 1.807) is 18.2 Å². The second kappa shape index (κ2) is 5.40. The Bertz CT molecular complexity index is 691. The highest BCUT2D eigenvalue weighted by Crippen LogP contribution is 2.35. The van der Waals surface area contributed by atoms with Crippen molar-refractivity contribution in [1.82, 2.24) is 0 Å². The van der Waals surface area contributed by atoms with Gasteiger partial charge in [0.1, 0.15) is 11.5 Å². The molecule has 0 aromatic heterocycles. The van der Waals surface area contributed by atoms with Crippen LogP contribution in [0.3, 0.4) is 0 Å². The van der Waals surface area contributed by atoms with Gasteiger partial charge in [-0.25, -0.2) is 0 Å². The third-order valence-corrected chi connectivity index (χ3v) is 3.30. The van der Waals surface area contributed by atoms with E-state index >= 15 is 0 Å². The van der Waals surface area contributed by atoms with Crippen LogP contribution in [0.25, 0.3) is 0 Å². The average Bonchev–Trinajstić information content (AvgIpc) is 2.47. The van der Waals surface area contributed by atoms with E-state index in [1.165, 1.54) is 6.92 Å². The molecule has 1 unspecified atom stereocenters. The summed E-state index contributed by atoms with van der Waals surface area (Å²) in [5.41, 5.74) is 1.63. The first-order valence-corrected chi connectivity index (χ1v) is 6.69. The number of benzene rings is 2. The van der Waals surface area contributed by atoms with Gasteiger partial charge in [0.2, 0.25) is 0 Å². The summed E-state index contributed by atoms with van der Waals surface area (Å²) in [6.07, 6.45) is -0.291. The fourth-order valence-electron chi connectivity index (χ4n) is 2.37. The SMILES string of the molecule is CC(=O)Oc1ccc2c(c1)OC(c1ccccc1)C(=O)C2. The number of rotatable bonds is 2. The van der Waals surface area contributed by atoms with Crippen molar-refractivity contribution in [3.63, 3.8) is 0 Å². The zero-order valence-electron chi connectivity index (χ0n) is 11.5. The van der Waals surface area contributed by atoms with Crippen molar-refractivity contribution in [2.24, 2.45) is 0 Å². The van der Waals surface area contributed by atoms with Crippen LogP contribution in [-0.4, -0.2) is 11.8 Å². The van der Waals surface area contributed by atoms with Crippen LogP contribution in [0.5, 0.6) is 11.5 Å². The maximum atomic E-state index is 12.2. The maximum Gasteiger partial charge on any atom is 0.308 e. The summed E-state index contributed by atoms with van der Waals surface area (Å²) in [6, 6.07) is 14.4. The van der Waals surface area contributed by atoms with Gasteiger partial charge in [-0.2, -0.15) is 0 Å². The lowest BCUT2D eigenvalue weighted by atomic mass is 9.96. The molecule has 1 aliphatic rings. The van der Waals surface area contributed by atoms with E-state index < -0.39 is 6.10 Å². The van der Waals surface area contributed by atoms with E-state index in [0.717, 1.165) is 11.1 Å². The van der Waals surface area contributed by atoms with Crippen LogP contribution in [0.1, 0.15) is 24.2 Å². The number of esters is 1. The first kappa shape index (κ1) is 13.4. The molecule has 0 saturated heterocycles. The molecule has 0 fully saturated rings. The first-order chi connectivity index (χ1) is 10.1. The van der Waals surface area contributed by atoms with Gasteiger partial charge in [0.25, 0.3) is 0 Å². The van der Waals surface area contributed by atoms with Crippen LogP contribution < -0.4 is 9.47 Å². The molecule has 1 aliphatic heterocycles. The second-order valence-electron chi connectivity index (χ2n) is 4.91. The lowest BCUT2D eigenvalue weighted by Crippen LogP contribution is -2.25. The number of Topliss-reactive ketones (excluding diaryl/α,β-unsaturated/α-hetero) is 1. The van der Waals surface area contributed by atoms with E-state index in [-0.39, 0.29) is 11.8 Å². The first-order valence-electron chi connectivity index (χ1n) is 6.69. The van der Waals surface area contributed by atoms with Gasteiger partial charge in [0.05, 0.1) is 0 Å². The van der Waals surface area contributed by atoms with Gasteiger partial charge >= 0.3 is 5.97 Å². The normalized spacial score (nSPS) is 16.8. The lowest BCUT2D eigenvalue weighted by molar-refractivity contribution is -0.132. The molecule has 2 aromatic rings. The Labute approximate surface area is 122 Å².